The number of rotatable bonds is 2. The Labute approximate surface area is 94.7 Å². The highest BCUT2D eigenvalue weighted by atomic mass is 35.5. The normalized spacial score (nSPS) is 10.3. The van der Waals surface area contributed by atoms with Crippen molar-refractivity contribution in [2.24, 2.45) is 0 Å². The molecule has 0 aliphatic heterocycles. The molecular formula is C13H11ClN. The highest BCUT2D eigenvalue weighted by Gasteiger charge is 2.04. The molecule has 1 heterocycles. The van der Waals surface area contributed by atoms with E-state index < -0.39 is 0 Å². The summed E-state index contributed by atoms with van der Waals surface area (Å²) < 4.78 is 0. The number of aromatic nitrogens is 1. The number of halogens is 1. The van der Waals surface area contributed by atoms with Crippen molar-refractivity contribution in [1.82, 2.24) is 4.98 Å². The van der Waals surface area contributed by atoms with Crippen LogP contribution in [0.5, 0.6) is 0 Å². The number of nitrogens with zero attached hydrogens (tertiary/aromatic N) is 1. The van der Waals surface area contributed by atoms with Crippen LogP contribution in [-0.4, -0.2) is 4.98 Å². The quantitative estimate of drug-likeness (QED) is 0.745. The van der Waals surface area contributed by atoms with Gasteiger partial charge in [-0.3, -0.25) is 4.98 Å². The third kappa shape index (κ3) is 2.18. The van der Waals surface area contributed by atoms with E-state index in [9.17, 15) is 0 Å². The van der Waals surface area contributed by atoms with E-state index in [1.54, 1.807) is 6.20 Å². The van der Waals surface area contributed by atoms with Crippen molar-refractivity contribution < 1.29 is 0 Å². The fraction of sp³-hybridized carbons (Fsp3) is 0.0769. The Morgan fingerprint density at radius 2 is 2.07 bits per heavy atom. The molecule has 1 radical (unpaired) electrons. The summed E-state index contributed by atoms with van der Waals surface area (Å²) in [4.78, 5) is 4.31. The predicted molar refractivity (Wildman–Crippen MR) is 63.7 cm³/mol. The van der Waals surface area contributed by atoms with E-state index in [1.807, 2.05) is 36.4 Å². The first-order valence-electron chi connectivity index (χ1n) is 4.80. The molecule has 0 N–H and O–H groups in total. The minimum Gasteiger partial charge on any atom is -0.256 e. The van der Waals surface area contributed by atoms with E-state index >= 15 is 0 Å². The molecule has 75 valence electrons. The minimum atomic E-state index is 0.729. The van der Waals surface area contributed by atoms with Crippen LogP contribution in [0.1, 0.15) is 5.56 Å². The maximum Gasteiger partial charge on any atom is 0.0705 e. The second-order valence-electron chi connectivity index (χ2n) is 3.27. The third-order valence-corrected chi connectivity index (χ3v) is 2.52. The summed E-state index contributed by atoms with van der Waals surface area (Å²) in [6.45, 7) is 3.90. The molecule has 1 aromatic heterocycles. The van der Waals surface area contributed by atoms with Crippen LogP contribution in [0.15, 0.2) is 42.6 Å². The van der Waals surface area contributed by atoms with Crippen molar-refractivity contribution in [3.63, 3.8) is 0 Å². The Kier molecular flexibility index (Phi) is 3.02. The number of benzene rings is 1. The van der Waals surface area contributed by atoms with Crippen LogP contribution in [0, 0.1) is 6.92 Å². The van der Waals surface area contributed by atoms with Crippen LogP contribution in [-0.2, 0) is 6.42 Å². The highest BCUT2D eigenvalue weighted by Crippen LogP contribution is 2.25. The van der Waals surface area contributed by atoms with Crippen molar-refractivity contribution in [2.75, 3.05) is 0 Å². The molecule has 0 aliphatic rings. The van der Waals surface area contributed by atoms with Crippen LogP contribution in [0.25, 0.3) is 11.3 Å². The maximum absolute atomic E-state index is 5.98. The van der Waals surface area contributed by atoms with Crippen LogP contribution in [0.4, 0.5) is 0 Å². The second kappa shape index (κ2) is 4.45. The van der Waals surface area contributed by atoms with Gasteiger partial charge in [0, 0.05) is 16.8 Å². The Morgan fingerprint density at radius 1 is 1.20 bits per heavy atom. The number of hydrogen-bond acceptors (Lipinski definition) is 1. The lowest BCUT2D eigenvalue weighted by atomic mass is 10.0. The molecule has 2 rings (SSSR count). The van der Waals surface area contributed by atoms with Crippen molar-refractivity contribution in [3.8, 4) is 11.3 Å². The number of hydrogen-bond donors (Lipinski definition) is 0. The number of pyridine rings is 1. The van der Waals surface area contributed by atoms with Crippen molar-refractivity contribution >= 4 is 11.6 Å². The molecule has 0 unspecified atom stereocenters. The first-order valence-corrected chi connectivity index (χ1v) is 5.18. The standard InChI is InChI=1S/C13H11ClN/c1-2-10-6-7-11(14)9-12(10)13-5-3-4-8-15-13/h3-9H,1-2H2. The topological polar surface area (TPSA) is 12.9 Å². The average Bonchev–Trinajstić information content (AvgIpc) is 2.30. The molecule has 0 saturated heterocycles. The molecule has 0 fully saturated rings. The van der Waals surface area contributed by atoms with Gasteiger partial charge in [-0.05, 0) is 43.2 Å². The van der Waals surface area contributed by atoms with Crippen molar-refractivity contribution in [3.05, 3.63) is 60.1 Å². The van der Waals surface area contributed by atoms with Crippen LogP contribution in [0.3, 0.4) is 0 Å². The smallest absolute Gasteiger partial charge is 0.0705 e. The van der Waals surface area contributed by atoms with Gasteiger partial charge in [0.05, 0.1) is 5.69 Å². The molecule has 0 amide bonds. The van der Waals surface area contributed by atoms with Crippen LogP contribution >= 0.6 is 11.6 Å². The van der Waals surface area contributed by atoms with Gasteiger partial charge in [-0.1, -0.05) is 23.7 Å². The van der Waals surface area contributed by atoms with Crippen LogP contribution in [0.2, 0.25) is 5.02 Å². The molecule has 1 aromatic carbocycles. The first-order chi connectivity index (χ1) is 7.31. The Balaban J connectivity index is 2.56. The van der Waals surface area contributed by atoms with E-state index in [0.29, 0.717) is 0 Å². The molecule has 0 aliphatic carbocycles. The first kappa shape index (κ1) is 10.2. The van der Waals surface area contributed by atoms with E-state index in [1.165, 1.54) is 0 Å². The van der Waals surface area contributed by atoms with E-state index in [2.05, 4.69) is 11.9 Å². The second-order valence-corrected chi connectivity index (χ2v) is 3.70. The van der Waals surface area contributed by atoms with Crippen molar-refractivity contribution in [1.29, 1.82) is 0 Å². The Morgan fingerprint density at radius 3 is 2.73 bits per heavy atom. The monoisotopic (exact) mass is 216 g/mol. The lowest BCUT2D eigenvalue weighted by molar-refractivity contribution is 1.24. The van der Waals surface area contributed by atoms with Crippen molar-refractivity contribution in [2.45, 2.75) is 6.42 Å². The molecule has 0 bridgehead atoms. The summed E-state index contributed by atoms with van der Waals surface area (Å²) in [5.74, 6) is 0. The van der Waals surface area contributed by atoms with Gasteiger partial charge < -0.3 is 0 Å². The molecule has 0 saturated carbocycles. The summed E-state index contributed by atoms with van der Waals surface area (Å²) >= 11 is 5.98. The minimum absolute atomic E-state index is 0.729. The Hall–Kier alpha value is -1.34. The van der Waals surface area contributed by atoms with Gasteiger partial charge >= 0.3 is 0 Å². The van der Waals surface area contributed by atoms with E-state index in [-0.39, 0.29) is 0 Å². The zero-order valence-corrected chi connectivity index (χ0v) is 9.04. The lowest BCUT2D eigenvalue weighted by Crippen LogP contribution is -1.89. The fourth-order valence-corrected chi connectivity index (χ4v) is 1.70. The Bertz CT molecular complexity index is 451. The summed E-state index contributed by atoms with van der Waals surface area (Å²) in [5, 5.41) is 0.729. The maximum atomic E-state index is 5.98. The molecule has 2 aromatic rings. The van der Waals surface area contributed by atoms with Gasteiger partial charge in [0.1, 0.15) is 0 Å². The predicted octanol–water partition coefficient (Wildman–Crippen LogP) is 3.78. The lowest BCUT2D eigenvalue weighted by Gasteiger charge is -2.07. The molecule has 1 nitrogen and oxygen atoms in total. The van der Waals surface area contributed by atoms with Gasteiger partial charge in [-0.2, -0.15) is 0 Å². The van der Waals surface area contributed by atoms with Gasteiger partial charge in [-0.25, -0.2) is 0 Å². The molecule has 0 atom stereocenters. The van der Waals surface area contributed by atoms with Gasteiger partial charge in [-0.15, -0.1) is 0 Å². The largest absolute Gasteiger partial charge is 0.256 e. The van der Waals surface area contributed by atoms with Gasteiger partial charge in [0.15, 0.2) is 0 Å². The van der Waals surface area contributed by atoms with Crippen LogP contribution < -0.4 is 0 Å². The molecular weight excluding hydrogens is 206 g/mol. The SMILES string of the molecule is [CH2]Cc1ccc(Cl)cc1-c1ccccn1. The average molecular weight is 217 g/mol. The molecule has 15 heavy (non-hydrogen) atoms. The summed E-state index contributed by atoms with van der Waals surface area (Å²) in [6, 6.07) is 11.7. The van der Waals surface area contributed by atoms with E-state index in [4.69, 9.17) is 11.6 Å². The summed E-state index contributed by atoms with van der Waals surface area (Å²) in [7, 11) is 0. The van der Waals surface area contributed by atoms with Gasteiger partial charge in [0.2, 0.25) is 0 Å². The molecule has 0 spiro atoms. The van der Waals surface area contributed by atoms with E-state index in [0.717, 1.165) is 28.3 Å². The summed E-state index contributed by atoms with van der Waals surface area (Å²) in [6.07, 6.45) is 2.52. The fourth-order valence-electron chi connectivity index (χ4n) is 1.53. The highest BCUT2D eigenvalue weighted by molar-refractivity contribution is 6.30. The zero-order valence-electron chi connectivity index (χ0n) is 8.28. The third-order valence-electron chi connectivity index (χ3n) is 2.28. The molecule has 2 heteroatoms. The summed E-state index contributed by atoms with van der Waals surface area (Å²) in [5.41, 5.74) is 3.18. The zero-order chi connectivity index (χ0) is 10.7. The van der Waals surface area contributed by atoms with Gasteiger partial charge in [0.25, 0.3) is 0 Å².